The molecule has 3 saturated heterocycles. The molecule has 4 aromatic carbocycles. The van der Waals surface area contributed by atoms with Crippen LogP contribution in [-0.4, -0.2) is 82.3 Å². The molecule has 5 heterocycles. The van der Waals surface area contributed by atoms with Crippen molar-refractivity contribution in [2.45, 2.75) is 82.1 Å². The maximum Gasteiger partial charge on any atom is 0.255 e. The molecule has 2 N–H and O–H groups in total. The van der Waals surface area contributed by atoms with Gasteiger partial charge in [0.25, 0.3) is 5.91 Å². The Kier molecular flexibility index (Phi) is 8.94. The lowest BCUT2D eigenvalue weighted by Gasteiger charge is -2.45. The van der Waals surface area contributed by atoms with Gasteiger partial charge in [0.2, 0.25) is 11.8 Å². The molecule has 0 spiro atoms. The van der Waals surface area contributed by atoms with Crippen molar-refractivity contribution in [1.82, 2.24) is 20.0 Å². The van der Waals surface area contributed by atoms with Gasteiger partial charge in [-0.25, -0.2) is 4.39 Å². The fraction of sp³-hybridized carbons (Fsp3) is 0.413. The Labute approximate surface area is 327 Å². The molecular formula is C46H48FN5O4. The lowest BCUT2D eigenvalue weighted by Crippen LogP contribution is -2.53. The minimum atomic E-state index is -0.577. The summed E-state index contributed by atoms with van der Waals surface area (Å²) in [6, 6.07) is 26.0. The molecule has 3 amide bonds. The quantitative estimate of drug-likeness (QED) is 0.222. The van der Waals surface area contributed by atoms with Gasteiger partial charge in [0.1, 0.15) is 17.6 Å². The van der Waals surface area contributed by atoms with Crippen LogP contribution in [0.4, 0.5) is 10.1 Å². The van der Waals surface area contributed by atoms with E-state index in [4.69, 9.17) is 0 Å². The van der Waals surface area contributed by atoms with Gasteiger partial charge in [-0.2, -0.15) is 0 Å². The van der Waals surface area contributed by atoms with E-state index in [1.54, 1.807) is 23.1 Å². The number of piperidine rings is 2. The monoisotopic (exact) mass is 753 g/mol. The Bertz CT molecular complexity index is 2190. The molecule has 5 aliphatic heterocycles. The van der Waals surface area contributed by atoms with Gasteiger partial charge in [-0.05, 0) is 133 Å². The van der Waals surface area contributed by atoms with E-state index in [2.05, 4.69) is 62.5 Å². The normalized spacial score (nSPS) is 24.5. The zero-order valence-corrected chi connectivity index (χ0v) is 31.6. The third kappa shape index (κ3) is 6.46. The molecule has 1 aliphatic carbocycles. The number of nitrogens with one attached hydrogen (secondary N) is 1. The fourth-order valence-corrected chi connectivity index (χ4v) is 10.7. The molecule has 10 rings (SSSR count). The highest BCUT2D eigenvalue weighted by atomic mass is 19.1. The first-order valence-electron chi connectivity index (χ1n) is 20.4. The summed E-state index contributed by atoms with van der Waals surface area (Å²) in [5.41, 5.74) is 10.3. The second kappa shape index (κ2) is 14.2. The average molecular weight is 754 g/mol. The number of fused-ring (bicyclic) bond motifs is 3. The number of hydrogen-bond donors (Lipinski definition) is 2. The van der Waals surface area contributed by atoms with Crippen molar-refractivity contribution in [3.63, 3.8) is 0 Å². The first-order valence-corrected chi connectivity index (χ1v) is 20.4. The van der Waals surface area contributed by atoms with E-state index in [0.29, 0.717) is 36.2 Å². The smallest absolute Gasteiger partial charge is 0.255 e. The summed E-state index contributed by atoms with van der Waals surface area (Å²) in [5, 5.41) is 12.6. The van der Waals surface area contributed by atoms with E-state index < -0.39 is 6.04 Å². The summed E-state index contributed by atoms with van der Waals surface area (Å²) < 4.78 is 13.8. The number of aromatic hydroxyl groups is 1. The van der Waals surface area contributed by atoms with Gasteiger partial charge in [0.05, 0.1) is 0 Å². The molecule has 3 fully saturated rings. The largest absolute Gasteiger partial charge is 0.508 e. The number of aryl methyl sites for hydroxylation is 1. The third-order valence-electron chi connectivity index (χ3n) is 13.6. The highest BCUT2D eigenvalue weighted by molar-refractivity contribution is 6.05. The molecule has 0 aromatic heterocycles. The van der Waals surface area contributed by atoms with Crippen molar-refractivity contribution in [2.75, 3.05) is 37.6 Å². The van der Waals surface area contributed by atoms with E-state index >= 15 is 0 Å². The minimum Gasteiger partial charge on any atom is -0.508 e. The number of hydrogen-bond acceptors (Lipinski definition) is 7. The maximum atomic E-state index is 13.8. The van der Waals surface area contributed by atoms with Gasteiger partial charge in [-0.3, -0.25) is 24.6 Å². The van der Waals surface area contributed by atoms with Crippen molar-refractivity contribution in [2.24, 2.45) is 5.92 Å². The first-order chi connectivity index (χ1) is 27.2. The summed E-state index contributed by atoms with van der Waals surface area (Å²) in [5.74, 6) is 0.402. The molecule has 56 heavy (non-hydrogen) atoms. The molecule has 9 nitrogen and oxygen atoms in total. The molecule has 10 heteroatoms. The third-order valence-corrected chi connectivity index (χ3v) is 13.6. The fourth-order valence-electron chi connectivity index (χ4n) is 10.7. The van der Waals surface area contributed by atoms with Crippen molar-refractivity contribution in [1.29, 1.82) is 0 Å². The Balaban J connectivity index is 0.719. The minimum absolute atomic E-state index is 0.0968. The van der Waals surface area contributed by atoms with Gasteiger partial charge in [0, 0.05) is 74.8 Å². The van der Waals surface area contributed by atoms with Gasteiger partial charge in [-0.1, -0.05) is 36.4 Å². The van der Waals surface area contributed by atoms with Crippen molar-refractivity contribution in [3.8, 4) is 5.75 Å². The number of carbonyl (C=O) groups is 3. The summed E-state index contributed by atoms with van der Waals surface area (Å²) in [6.45, 7) is 7.66. The predicted molar refractivity (Wildman–Crippen MR) is 211 cm³/mol. The Morgan fingerprint density at radius 3 is 2.21 bits per heavy atom. The highest BCUT2D eigenvalue weighted by Gasteiger charge is 2.41. The van der Waals surface area contributed by atoms with E-state index in [0.717, 1.165) is 82.6 Å². The number of carbonyl (C=O) groups excluding carboxylic acids is 3. The Morgan fingerprint density at radius 2 is 1.46 bits per heavy atom. The van der Waals surface area contributed by atoms with Crippen LogP contribution in [0.25, 0.3) is 0 Å². The van der Waals surface area contributed by atoms with Crippen LogP contribution in [0.15, 0.2) is 78.9 Å². The number of phenols is 1. The first kappa shape index (κ1) is 35.4. The summed E-state index contributed by atoms with van der Waals surface area (Å²) >= 11 is 0. The van der Waals surface area contributed by atoms with Crippen molar-refractivity contribution in [3.05, 3.63) is 129 Å². The van der Waals surface area contributed by atoms with E-state index in [9.17, 15) is 23.9 Å². The lowest BCUT2D eigenvalue weighted by atomic mass is 9.69. The number of halogens is 1. The standard InChI is InChI=1S/C46H48FN5O4/c47-35-6-1-29(2-7-35)39-11-5-31-20-38(53)10-12-40(31)44(39)30-3-8-36(9-4-30)50-23-28(24-50)22-49-17-15-37(16-18-49)51-25-32-19-34-27-52(42-13-14-43(54)48-45(42)55)46(56)41(34)21-33(32)26-51/h1-4,6-10,12,19-21,28,37,39,42,44,53H,5,11,13-18,22-27H2,(H,48,54,55)/t39-,42?,44+/m1/s1. The number of likely N-dealkylation sites (tertiary alicyclic amines) is 1. The average Bonchev–Trinajstić information content (AvgIpc) is 3.75. The van der Waals surface area contributed by atoms with Gasteiger partial charge < -0.3 is 19.8 Å². The molecule has 3 atom stereocenters. The van der Waals surface area contributed by atoms with Crippen LogP contribution >= 0.6 is 0 Å². The van der Waals surface area contributed by atoms with Crippen LogP contribution in [0.1, 0.15) is 93.2 Å². The molecule has 4 aromatic rings. The zero-order chi connectivity index (χ0) is 38.1. The van der Waals surface area contributed by atoms with Crippen molar-refractivity contribution >= 4 is 23.4 Å². The SMILES string of the molecule is O=C1CCC(N2Cc3cc4c(cc3C2=O)CN(C2CCN(CC3CN(c5ccc([C@@H]6c7ccc(O)cc7CC[C@@H]6c6ccc(F)cc6)cc5)C3)CC2)C4)C(=O)N1. The van der Waals surface area contributed by atoms with Crippen LogP contribution in [0.3, 0.4) is 0 Å². The summed E-state index contributed by atoms with van der Waals surface area (Å²) in [4.78, 5) is 46.8. The topological polar surface area (TPSA) is 96.4 Å². The van der Waals surface area contributed by atoms with Crippen LogP contribution in [0, 0.1) is 11.7 Å². The van der Waals surface area contributed by atoms with Crippen LogP contribution in [0.2, 0.25) is 0 Å². The number of benzene rings is 4. The molecular weight excluding hydrogens is 706 g/mol. The maximum absolute atomic E-state index is 13.8. The Hall–Kier alpha value is -5.06. The predicted octanol–water partition coefficient (Wildman–Crippen LogP) is 6.07. The van der Waals surface area contributed by atoms with Crippen LogP contribution in [-0.2, 0) is 35.6 Å². The highest BCUT2D eigenvalue weighted by Crippen LogP contribution is 2.47. The number of rotatable bonds is 7. The molecule has 288 valence electrons. The molecule has 1 unspecified atom stereocenters. The molecule has 6 aliphatic rings. The van der Waals surface area contributed by atoms with E-state index in [-0.39, 0.29) is 41.8 Å². The van der Waals surface area contributed by atoms with Gasteiger partial charge in [0.15, 0.2) is 0 Å². The molecule has 0 saturated carbocycles. The number of phenolic OH excluding ortho intramolecular Hbond substituents is 1. The Morgan fingerprint density at radius 1 is 0.732 bits per heavy atom. The van der Waals surface area contributed by atoms with Crippen LogP contribution < -0.4 is 10.2 Å². The number of imide groups is 1. The van der Waals surface area contributed by atoms with Crippen LogP contribution in [0.5, 0.6) is 5.75 Å². The molecule has 0 radical (unpaired) electrons. The number of anilines is 1. The second-order valence-corrected chi connectivity index (χ2v) is 17.0. The number of amides is 3. The summed E-state index contributed by atoms with van der Waals surface area (Å²) in [7, 11) is 0. The lowest BCUT2D eigenvalue weighted by molar-refractivity contribution is -0.136. The second-order valence-electron chi connectivity index (χ2n) is 17.0. The molecule has 0 bridgehead atoms. The summed E-state index contributed by atoms with van der Waals surface area (Å²) in [6.07, 6.45) is 4.79. The van der Waals surface area contributed by atoms with Crippen molar-refractivity contribution < 1.29 is 23.9 Å². The van der Waals surface area contributed by atoms with Gasteiger partial charge in [-0.15, -0.1) is 0 Å². The van der Waals surface area contributed by atoms with E-state index in [1.165, 1.54) is 33.5 Å². The number of nitrogens with zero attached hydrogens (tertiary/aromatic N) is 4. The zero-order valence-electron chi connectivity index (χ0n) is 31.6. The van der Waals surface area contributed by atoms with Gasteiger partial charge >= 0.3 is 0 Å². The van der Waals surface area contributed by atoms with E-state index in [1.807, 2.05) is 18.2 Å².